The highest BCUT2D eigenvalue weighted by atomic mass is 16.5. The van der Waals surface area contributed by atoms with Crippen molar-refractivity contribution in [3.8, 4) is 17.2 Å². The van der Waals surface area contributed by atoms with Crippen LogP contribution in [0.25, 0.3) is 22.2 Å². The molecule has 35 heavy (non-hydrogen) atoms. The highest BCUT2D eigenvalue weighted by Gasteiger charge is 2.36. The zero-order chi connectivity index (χ0) is 24.8. The third kappa shape index (κ3) is 5.62. The Kier molecular flexibility index (Phi) is 7.66. The molecule has 1 amide bonds. The number of benzene rings is 2. The van der Waals surface area contributed by atoms with Gasteiger partial charge < -0.3 is 24.9 Å². The molecular weight excluding hydrogens is 448 g/mol. The summed E-state index contributed by atoms with van der Waals surface area (Å²) in [6, 6.07) is 14.9. The molecular formula is C26H30N4O5. The summed E-state index contributed by atoms with van der Waals surface area (Å²) >= 11 is 0. The number of rotatable bonds is 9. The summed E-state index contributed by atoms with van der Waals surface area (Å²) in [7, 11) is 1.63. The predicted molar refractivity (Wildman–Crippen MR) is 131 cm³/mol. The fourth-order valence-electron chi connectivity index (χ4n) is 4.28. The highest BCUT2D eigenvalue weighted by molar-refractivity contribution is 5.86. The number of nitrogens with one attached hydrogen (secondary N) is 1. The Morgan fingerprint density at radius 1 is 1.23 bits per heavy atom. The molecule has 0 saturated carbocycles. The van der Waals surface area contributed by atoms with E-state index in [4.69, 9.17) is 19.6 Å². The number of ether oxygens (including phenoxy) is 2. The van der Waals surface area contributed by atoms with Gasteiger partial charge in [-0.2, -0.15) is 5.26 Å². The molecule has 1 aliphatic heterocycles. The van der Waals surface area contributed by atoms with Crippen molar-refractivity contribution in [1.29, 1.82) is 5.26 Å². The number of hydrogen-bond donors (Lipinski definition) is 2. The molecule has 1 fully saturated rings. The second-order valence-electron chi connectivity index (χ2n) is 8.87. The maximum atomic E-state index is 12.7. The first-order chi connectivity index (χ1) is 16.9. The topological polar surface area (TPSA) is 133 Å². The molecule has 1 saturated heterocycles. The van der Waals surface area contributed by atoms with Gasteiger partial charge in [0.15, 0.2) is 5.58 Å². The van der Waals surface area contributed by atoms with Crippen LogP contribution in [0.4, 0.5) is 0 Å². The van der Waals surface area contributed by atoms with Crippen molar-refractivity contribution >= 4 is 17.0 Å². The van der Waals surface area contributed by atoms with Crippen molar-refractivity contribution < 1.29 is 18.7 Å². The molecule has 3 N–H and O–H groups in total. The zero-order valence-electron chi connectivity index (χ0n) is 19.8. The summed E-state index contributed by atoms with van der Waals surface area (Å²) in [6.07, 6.45) is 1.95. The lowest BCUT2D eigenvalue weighted by atomic mass is 9.90. The van der Waals surface area contributed by atoms with Gasteiger partial charge in [-0.3, -0.25) is 9.36 Å². The summed E-state index contributed by atoms with van der Waals surface area (Å²) < 4.78 is 17.4. The molecule has 1 atom stereocenters. The maximum absolute atomic E-state index is 12.7. The summed E-state index contributed by atoms with van der Waals surface area (Å²) in [5, 5.41) is 12.4. The first-order valence-electron chi connectivity index (χ1n) is 11.7. The SMILES string of the molecule is COCCCn1c(=O)oc2ccc(-c3ccc(C[C@@H](C#N)NC(=O)C4(N)CCOCC4)cc3)cc21. The van der Waals surface area contributed by atoms with Gasteiger partial charge in [-0.15, -0.1) is 0 Å². The average molecular weight is 479 g/mol. The van der Waals surface area contributed by atoms with Crippen LogP contribution in [0.15, 0.2) is 51.7 Å². The fraction of sp³-hybridized carbons (Fsp3) is 0.423. The van der Waals surface area contributed by atoms with Crippen LogP contribution in [0.1, 0.15) is 24.8 Å². The van der Waals surface area contributed by atoms with Crippen LogP contribution in [0.2, 0.25) is 0 Å². The number of nitrogens with two attached hydrogens (primary N) is 1. The second-order valence-corrected chi connectivity index (χ2v) is 8.87. The molecule has 9 nitrogen and oxygen atoms in total. The smallest absolute Gasteiger partial charge is 0.408 e. The molecule has 0 bridgehead atoms. The van der Waals surface area contributed by atoms with Crippen molar-refractivity contribution in [2.75, 3.05) is 26.9 Å². The van der Waals surface area contributed by atoms with Gasteiger partial charge in [-0.25, -0.2) is 4.79 Å². The minimum atomic E-state index is -0.993. The molecule has 1 aliphatic rings. The summed E-state index contributed by atoms with van der Waals surface area (Å²) in [6.45, 7) is 1.96. The number of nitriles is 1. The van der Waals surface area contributed by atoms with E-state index < -0.39 is 11.6 Å². The highest BCUT2D eigenvalue weighted by Crippen LogP contribution is 2.25. The van der Waals surface area contributed by atoms with Gasteiger partial charge in [0.05, 0.1) is 17.1 Å². The van der Waals surface area contributed by atoms with E-state index in [0.29, 0.717) is 57.6 Å². The number of carbonyl (C=O) groups is 1. The van der Waals surface area contributed by atoms with Gasteiger partial charge in [0, 0.05) is 39.9 Å². The van der Waals surface area contributed by atoms with E-state index >= 15 is 0 Å². The first kappa shape index (κ1) is 24.7. The first-order valence-corrected chi connectivity index (χ1v) is 11.7. The lowest BCUT2D eigenvalue weighted by Crippen LogP contribution is -2.58. The third-order valence-electron chi connectivity index (χ3n) is 6.42. The summed E-state index contributed by atoms with van der Waals surface area (Å²) in [5.41, 5.74) is 9.35. The number of hydrogen-bond acceptors (Lipinski definition) is 7. The molecule has 184 valence electrons. The quantitative estimate of drug-likeness (QED) is 0.451. The Hall–Kier alpha value is -3.45. The molecule has 0 radical (unpaired) electrons. The number of aryl methyl sites for hydroxylation is 1. The summed E-state index contributed by atoms with van der Waals surface area (Å²) in [4.78, 5) is 24.9. The van der Waals surface area contributed by atoms with Crippen LogP contribution in [0.3, 0.4) is 0 Å². The minimum Gasteiger partial charge on any atom is -0.408 e. The van der Waals surface area contributed by atoms with E-state index in [0.717, 1.165) is 22.2 Å². The molecule has 2 aromatic carbocycles. The lowest BCUT2D eigenvalue weighted by Gasteiger charge is -2.32. The monoisotopic (exact) mass is 478 g/mol. The molecule has 1 aromatic heterocycles. The molecule has 2 heterocycles. The van der Waals surface area contributed by atoms with Gasteiger partial charge in [0.25, 0.3) is 0 Å². The average Bonchev–Trinajstić information content (AvgIpc) is 3.18. The van der Waals surface area contributed by atoms with Crippen LogP contribution >= 0.6 is 0 Å². The van der Waals surface area contributed by atoms with Gasteiger partial charge >= 0.3 is 5.76 Å². The fourth-order valence-corrected chi connectivity index (χ4v) is 4.28. The standard InChI is InChI=1S/C26H30N4O5/c1-33-12-2-11-30-22-16-20(7-8-23(22)35-25(30)32)19-5-3-18(4-6-19)15-21(17-27)29-24(31)26(28)9-13-34-14-10-26/h3-8,16,21H,2,9-15,28H2,1H3,(H,29,31)/t21-/m0/s1. The van der Waals surface area contributed by atoms with Crippen molar-refractivity contribution in [2.45, 2.75) is 43.8 Å². The predicted octanol–water partition coefficient (Wildman–Crippen LogP) is 2.36. The number of aromatic nitrogens is 1. The van der Waals surface area contributed by atoms with Crippen molar-refractivity contribution in [3.63, 3.8) is 0 Å². The number of amides is 1. The molecule has 9 heteroatoms. The lowest BCUT2D eigenvalue weighted by molar-refractivity contribution is -0.130. The van der Waals surface area contributed by atoms with Crippen LogP contribution in [-0.4, -0.2) is 49.0 Å². The molecule has 0 aliphatic carbocycles. The van der Waals surface area contributed by atoms with Gasteiger partial charge in [-0.05, 0) is 48.1 Å². The van der Waals surface area contributed by atoms with Gasteiger partial charge in [0.1, 0.15) is 6.04 Å². The van der Waals surface area contributed by atoms with E-state index in [1.807, 2.05) is 36.4 Å². The van der Waals surface area contributed by atoms with E-state index in [9.17, 15) is 14.9 Å². The molecule has 0 spiro atoms. The zero-order valence-corrected chi connectivity index (χ0v) is 19.8. The third-order valence-corrected chi connectivity index (χ3v) is 6.42. The number of nitrogens with zero attached hydrogens (tertiary/aromatic N) is 2. The Balaban J connectivity index is 1.46. The van der Waals surface area contributed by atoms with E-state index in [1.54, 1.807) is 17.7 Å². The van der Waals surface area contributed by atoms with Gasteiger partial charge in [0.2, 0.25) is 5.91 Å². The normalized spacial score (nSPS) is 16.0. The van der Waals surface area contributed by atoms with Gasteiger partial charge in [-0.1, -0.05) is 30.3 Å². The maximum Gasteiger partial charge on any atom is 0.419 e. The minimum absolute atomic E-state index is 0.311. The molecule has 4 rings (SSSR count). The van der Waals surface area contributed by atoms with Crippen LogP contribution in [-0.2, 0) is 27.2 Å². The Morgan fingerprint density at radius 3 is 2.63 bits per heavy atom. The van der Waals surface area contributed by atoms with Crippen molar-refractivity contribution in [2.24, 2.45) is 5.73 Å². The Morgan fingerprint density at radius 2 is 1.94 bits per heavy atom. The van der Waals surface area contributed by atoms with Crippen molar-refractivity contribution in [3.05, 3.63) is 58.6 Å². The Bertz CT molecular complexity index is 1270. The van der Waals surface area contributed by atoms with Crippen LogP contribution < -0.4 is 16.8 Å². The number of oxazole rings is 1. The second kappa shape index (κ2) is 10.9. The van der Waals surface area contributed by atoms with Crippen molar-refractivity contribution in [1.82, 2.24) is 9.88 Å². The Labute approximate surface area is 203 Å². The number of carbonyl (C=O) groups excluding carboxylic acids is 1. The van der Waals surface area contributed by atoms with E-state index in [-0.39, 0.29) is 11.7 Å². The van der Waals surface area contributed by atoms with Crippen LogP contribution in [0.5, 0.6) is 0 Å². The number of methoxy groups -OCH3 is 1. The largest absolute Gasteiger partial charge is 0.419 e. The summed E-state index contributed by atoms with van der Waals surface area (Å²) in [5.74, 6) is -0.692. The molecule has 3 aromatic rings. The molecule has 0 unspecified atom stereocenters. The van der Waals surface area contributed by atoms with Crippen LogP contribution in [0, 0.1) is 11.3 Å². The number of fused-ring (bicyclic) bond motifs is 1. The van der Waals surface area contributed by atoms with E-state index in [1.165, 1.54) is 0 Å². The van der Waals surface area contributed by atoms with E-state index in [2.05, 4.69) is 11.4 Å².